The molecule has 4 nitrogen and oxygen atoms in total. The van der Waals surface area contributed by atoms with Crippen molar-refractivity contribution in [3.8, 4) is 5.75 Å². The molecule has 4 heteroatoms. The van der Waals surface area contributed by atoms with E-state index in [1.807, 2.05) is 48.5 Å². The smallest absolute Gasteiger partial charge is 0.274 e. The lowest BCUT2D eigenvalue weighted by Gasteiger charge is -2.29. The summed E-state index contributed by atoms with van der Waals surface area (Å²) < 4.78 is 5.25. The number of benzene rings is 3. The molecule has 1 fully saturated rings. The van der Waals surface area contributed by atoms with E-state index in [0.717, 1.165) is 36.3 Å². The number of hydrogen-bond donors (Lipinski definition) is 0. The number of rotatable bonds is 4. The topological polar surface area (TPSA) is 41.9 Å². The number of ether oxygens (including phenoxy) is 1. The summed E-state index contributed by atoms with van der Waals surface area (Å²) in [5.41, 5.74) is 5.19. The molecular weight excluding hydrogens is 396 g/mol. The number of hydrogen-bond acceptors (Lipinski definition) is 3. The molecule has 1 heterocycles. The summed E-state index contributed by atoms with van der Waals surface area (Å²) in [5, 5.41) is 6.67. The number of allylic oxidation sites excluding steroid dienone is 1. The molecule has 3 aromatic carbocycles. The fraction of sp³-hybridized carbons (Fsp3) is 0.214. The Labute approximate surface area is 188 Å². The Hall–Kier alpha value is -3.66. The van der Waals surface area contributed by atoms with Crippen molar-refractivity contribution >= 4 is 17.7 Å². The van der Waals surface area contributed by atoms with E-state index < -0.39 is 0 Å². The first kappa shape index (κ1) is 20.3. The van der Waals surface area contributed by atoms with E-state index in [0.29, 0.717) is 5.56 Å². The molecule has 160 valence electrons. The highest BCUT2D eigenvalue weighted by Gasteiger charge is 2.43. The number of amides is 1. The van der Waals surface area contributed by atoms with E-state index in [9.17, 15) is 4.79 Å². The summed E-state index contributed by atoms with van der Waals surface area (Å²) in [5.74, 6) is 0.849. The molecule has 0 aromatic heterocycles. The average molecular weight is 423 g/mol. The fourth-order valence-electron chi connectivity index (χ4n) is 4.77. The predicted molar refractivity (Wildman–Crippen MR) is 128 cm³/mol. The minimum Gasteiger partial charge on any atom is -0.497 e. The van der Waals surface area contributed by atoms with Gasteiger partial charge in [-0.25, -0.2) is 5.01 Å². The first-order valence-electron chi connectivity index (χ1n) is 11.1. The molecule has 3 aromatic rings. The fourth-order valence-corrected chi connectivity index (χ4v) is 4.77. The third-order valence-corrected chi connectivity index (χ3v) is 6.33. The summed E-state index contributed by atoms with van der Waals surface area (Å²) in [6, 6.07) is 27.8. The van der Waals surface area contributed by atoms with Crippen LogP contribution in [-0.2, 0) is 0 Å². The Bertz CT molecular complexity index is 1150. The SMILES string of the molecule is COc1ccc(C(=O)N2N=C3/C(=C\c4ccccc4)CCCC3C2c2ccccc2)cc1. The maximum atomic E-state index is 13.6. The molecule has 1 saturated carbocycles. The number of methoxy groups -OCH3 is 1. The van der Waals surface area contributed by atoms with Gasteiger partial charge in [-0.1, -0.05) is 60.7 Å². The first-order valence-corrected chi connectivity index (χ1v) is 11.1. The summed E-state index contributed by atoms with van der Waals surface area (Å²) >= 11 is 0. The standard InChI is InChI=1S/C28H26N2O2/c1-32-24-17-15-22(16-18-24)28(31)30-27(21-11-6-3-7-12-21)25-14-8-13-23(26(25)29-30)19-20-9-4-2-5-10-20/h2-7,9-12,15-19,25,27H,8,13-14H2,1H3/b23-19-. The maximum absolute atomic E-state index is 13.6. The molecule has 32 heavy (non-hydrogen) atoms. The second kappa shape index (κ2) is 8.83. The zero-order chi connectivity index (χ0) is 21.9. The van der Waals surface area contributed by atoms with Crippen LogP contribution in [0.3, 0.4) is 0 Å². The minimum atomic E-state index is -0.0970. The van der Waals surface area contributed by atoms with Gasteiger partial charge >= 0.3 is 0 Å². The van der Waals surface area contributed by atoms with Crippen LogP contribution in [0.15, 0.2) is 95.6 Å². The van der Waals surface area contributed by atoms with Crippen molar-refractivity contribution in [3.05, 3.63) is 107 Å². The van der Waals surface area contributed by atoms with Gasteiger partial charge < -0.3 is 4.74 Å². The normalized spacial score (nSPS) is 21.2. The molecule has 0 radical (unpaired) electrons. The van der Waals surface area contributed by atoms with Gasteiger partial charge in [0.2, 0.25) is 0 Å². The molecule has 0 saturated heterocycles. The zero-order valence-electron chi connectivity index (χ0n) is 18.1. The maximum Gasteiger partial charge on any atom is 0.274 e. The largest absolute Gasteiger partial charge is 0.497 e. The summed E-state index contributed by atoms with van der Waals surface area (Å²) in [4.78, 5) is 13.6. The van der Waals surface area contributed by atoms with Gasteiger partial charge in [0.25, 0.3) is 5.91 Å². The van der Waals surface area contributed by atoms with Crippen molar-refractivity contribution in [3.63, 3.8) is 0 Å². The van der Waals surface area contributed by atoms with Gasteiger partial charge in [-0.15, -0.1) is 0 Å². The summed E-state index contributed by atoms with van der Waals surface area (Å²) in [6.45, 7) is 0. The van der Waals surface area contributed by atoms with Gasteiger partial charge in [-0.2, -0.15) is 5.10 Å². The van der Waals surface area contributed by atoms with E-state index >= 15 is 0 Å². The van der Waals surface area contributed by atoms with Gasteiger partial charge in [0.05, 0.1) is 18.9 Å². The van der Waals surface area contributed by atoms with E-state index in [-0.39, 0.29) is 17.9 Å². The molecule has 0 bridgehead atoms. The molecular formula is C28H26N2O2. The Morgan fingerprint density at radius 2 is 1.66 bits per heavy atom. The number of fused-ring (bicyclic) bond motifs is 1. The van der Waals surface area contributed by atoms with E-state index in [4.69, 9.17) is 9.84 Å². The lowest BCUT2D eigenvalue weighted by molar-refractivity contribution is 0.0681. The monoisotopic (exact) mass is 422 g/mol. The van der Waals surface area contributed by atoms with E-state index in [1.165, 1.54) is 11.1 Å². The summed E-state index contributed by atoms with van der Waals surface area (Å²) in [6.07, 6.45) is 5.33. The van der Waals surface area contributed by atoms with Gasteiger partial charge in [0.15, 0.2) is 0 Å². The number of carbonyl (C=O) groups is 1. The molecule has 1 aliphatic carbocycles. The zero-order valence-corrected chi connectivity index (χ0v) is 18.1. The van der Waals surface area contributed by atoms with Crippen LogP contribution in [0.2, 0.25) is 0 Å². The number of hydrazone groups is 1. The van der Waals surface area contributed by atoms with Crippen molar-refractivity contribution in [2.45, 2.75) is 25.3 Å². The molecule has 0 spiro atoms. The van der Waals surface area contributed by atoms with Gasteiger partial charge in [-0.05, 0) is 66.3 Å². The van der Waals surface area contributed by atoms with Crippen LogP contribution in [0.25, 0.3) is 6.08 Å². The van der Waals surface area contributed by atoms with Crippen LogP contribution in [0, 0.1) is 5.92 Å². The third kappa shape index (κ3) is 3.84. The van der Waals surface area contributed by atoms with E-state index in [2.05, 4.69) is 42.5 Å². The van der Waals surface area contributed by atoms with Crippen LogP contribution in [0.5, 0.6) is 5.75 Å². The highest BCUT2D eigenvalue weighted by Crippen LogP contribution is 2.44. The second-order valence-corrected chi connectivity index (χ2v) is 8.30. The van der Waals surface area contributed by atoms with Crippen molar-refractivity contribution in [1.29, 1.82) is 0 Å². The second-order valence-electron chi connectivity index (χ2n) is 8.30. The first-order chi connectivity index (χ1) is 15.7. The quantitative estimate of drug-likeness (QED) is 0.507. The molecule has 2 atom stereocenters. The molecule has 0 N–H and O–H groups in total. The highest BCUT2D eigenvalue weighted by molar-refractivity contribution is 6.09. The number of nitrogens with zero attached hydrogens (tertiary/aromatic N) is 2. The highest BCUT2D eigenvalue weighted by atomic mass is 16.5. The van der Waals surface area contributed by atoms with Crippen molar-refractivity contribution in [1.82, 2.24) is 5.01 Å². The van der Waals surface area contributed by atoms with Gasteiger partial charge in [-0.3, -0.25) is 4.79 Å². The van der Waals surface area contributed by atoms with Crippen molar-refractivity contribution in [2.24, 2.45) is 11.0 Å². The Kier molecular flexibility index (Phi) is 5.59. The number of carbonyl (C=O) groups excluding carboxylic acids is 1. The van der Waals surface area contributed by atoms with Gasteiger partial charge in [0, 0.05) is 11.5 Å². The Balaban J connectivity index is 1.56. The van der Waals surface area contributed by atoms with Crippen molar-refractivity contribution < 1.29 is 9.53 Å². The Morgan fingerprint density at radius 1 is 0.969 bits per heavy atom. The summed E-state index contributed by atoms with van der Waals surface area (Å²) in [7, 11) is 1.62. The third-order valence-electron chi connectivity index (χ3n) is 6.33. The predicted octanol–water partition coefficient (Wildman–Crippen LogP) is 6.13. The minimum absolute atomic E-state index is 0.0810. The van der Waals surface area contributed by atoms with Crippen LogP contribution in [0.4, 0.5) is 0 Å². The molecule has 1 amide bonds. The van der Waals surface area contributed by atoms with Crippen LogP contribution in [-0.4, -0.2) is 23.7 Å². The molecule has 1 aliphatic heterocycles. The molecule has 2 unspecified atom stereocenters. The van der Waals surface area contributed by atoms with Crippen LogP contribution >= 0.6 is 0 Å². The average Bonchev–Trinajstić information content (AvgIpc) is 3.25. The Morgan fingerprint density at radius 3 is 2.34 bits per heavy atom. The molecule has 5 rings (SSSR count). The lowest BCUT2D eigenvalue weighted by Crippen LogP contribution is -2.31. The van der Waals surface area contributed by atoms with Crippen molar-refractivity contribution in [2.75, 3.05) is 7.11 Å². The molecule has 2 aliphatic rings. The van der Waals surface area contributed by atoms with Gasteiger partial charge in [0.1, 0.15) is 5.75 Å². The lowest BCUT2D eigenvalue weighted by atomic mass is 9.77. The van der Waals surface area contributed by atoms with Crippen LogP contribution < -0.4 is 4.74 Å². The van der Waals surface area contributed by atoms with E-state index in [1.54, 1.807) is 12.1 Å². The van der Waals surface area contributed by atoms with Crippen LogP contribution in [0.1, 0.15) is 46.8 Å².